The van der Waals surface area contributed by atoms with Crippen molar-refractivity contribution < 1.29 is 24.0 Å². The van der Waals surface area contributed by atoms with Gasteiger partial charge in [0.05, 0.1) is 6.10 Å². The average Bonchev–Trinajstić information content (AvgIpc) is 2.99. The minimum Gasteiger partial charge on any atom is -0.349 e. The summed E-state index contributed by atoms with van der Waals surface area (Å²) in [5, 5.41) is 0. The Bertz CT molecular complexity index is 755. The van der Waals surface area contributed by atoms with E-state index in [4.69, 9.17) is 24.0 Å². The van der Waals surface area contributed by atoms with Crippen LogP contribution < -0.4 is 0 Å². The molecule has 1 aliphatic carbocycles. The normalized spacial score (nSPS) is 45.0. The highest BCUT2D eigenvalue weighted by Gasteiger charge is 2.69. The predicted octanol–water partition coefficient (Wildman–Crippen LogP) is 5.62. The molecule has 4 heterocycles. The van der Waals surface area contributed by atoms with Crippen molar-refractivity contribution in [2.24, 2.45) is 23.7 Å². The van der Waals surface area contributed by atoms with Crippen LogP contribution in [0.15, 0.2) is 30.3 Å². The maximum Gasteiger partial charge on any atom is 0.201 e. The number of rotatable bonds is 6. The average molecular weight is 431 g/mol. The number of benzene rings is 1. The fraction of sp³-hybridized carbons (Fsp3) is 0.769. The van der Waals surface area contributed by atoms with Crippen molar-refractivity contribution in [3.8, 4) is 0 Å². The van der Waals surface area contributed by atoms with Crippen molar-refractivity contribution in [2.45, 2.75) is 103 Å². The highest BCUT2D eigenvalue weighted by atomic mass is 17.3. The third-order valence-corrected chi connectivity index (χ3v) is 8.34. The molecule has 1 spiro atoms. The Morgan fingerprint density at radius 2 is 1.87 bits per heavy atom. The van der Waals surface area contributed by atoms with Crippen LogP contribution >= 0.6 is 0 Å². The van der Waals surface area contributed by atoms with Crippen molar-refractivity contribution in [3.05, 3.63) is 35.9 Å². The van der Waals surface area contributed by atoms with Gasteiger partial charge in [-0.2, -0.15) is 0 Å². The first-order chi connectivity index (χ1) is 14.9. The van der Waals surface area contributed by atoms with Crippen LogP contribution in [0.4, 0.5) is 0 Å². The third-order valence-electron chi connectivity index (χ3n) is 8.34. The summed E-state index contributed by atoms with van der Waals surface area (Å²) in [6, 6.07) is 10.6. The Kier molecular flexibility index (Phi) is 5.93. The standard InChI is InChI=1S/C26H38O5/c1-5-9-20(16-19-10-7-6-8-11-19)27-23-18(3)22-13-12-17(2)21-14-15-25(4)29-24(28-23)26(21,22)31-30-25/h6-8,10-11,17-18,20-24H,5,9,12-16H2,1-4H3/t17-,18-,20-,21+,22?,23+,24-,25-,26-/m1/s1. The van der Waals surface area contributed by atoms with E-state index in [0.717, 1.165) is 38.5 Å². The minimum atomic E-state index is -0.741. The topological polar surface area (TPSA) is 46.2 Å². The van der Waals surface area contributed by atoms with Crippen LogP contribution in [0, 0.1) is 23.7 Å². The summed E-state index contributed by atoms with van der Waals surface area (Å²) in [5.74, 6) is 0.746. The quantitative estimate of drug-likeness (QED) is 0.548. The molecule has 5 nitrogen and oxygen atoms in total. The molecular weight excluding hydrogens is 392 g/mol. The number of ether oxygens (including phenoxy) is 3. The van der Waals surface area contributed by atoms with Gasteiger partial charge in [0.15, 0.2) is 18.2 Å². The van der Waals surface area contributed by atoms with Crippen LogP contribution in [0.2, 0.25) is 0 Å². The van der Waals surface area contributed by atoms with Gasteiger partial charge < -0.3 is 14.2 Å². The number of fused-ring (bicyclic) bond motifs is 2. The second-order valence-electron chi connectivity index (χ2n) is 10.5. The first kappa shape index (κ1) is 21.8. The van der Waals surface area contributed by atoms with E-state index >= 15 is 0 Å². The van der Waals surface area contributed by atoms with Crippen molar-refractivity contribution in [2.75, 3.05) is 0 Å². The molecule has 0 N–H and O–H groups in total. The lowest BCUT2D eigenvalue weighted by Crippen LogP contribution is -2.70. The van der Waals surface area contributed by atoms with Crippen molar-refractivity contribution in [3.63, 3.8) is 0 Å². The zero-order valence-corrected chi connectivity index (χ0v) is 19.4. The van der Waals surface area contributed by atoms with Gasteiger partial charge in [0, 0.05) is 18.3 Å². The van der Waals surface area contributed by atoms with Gasteiger partial charge in [0.1, 0.15) is 0 Å². The maximum atomic E-state index is 6.69. The van der Waals surface area contributed by atoms with Crippen LogP contribution in [0.1, 0.15) is 71.8 Å². The van der Waals surface area contributed by atoms with E-state index in [1.54, 1.807) is 0 Å². The Hall–Kier alpha value is -0.980. The van der Waals surface area contributed by atoms with Gasteiger partial charge >= 0.3 is 0 Å². The summed E-state index contributed by atoms with van der Waals surface area (Å²) in [4.78, 5) is 12.2. The van der Waals surface area contributed by atoms with Crippen LogP contribution in [0.5, 0.6) is 0 Å². The van der Waals surface area contributed by atoms with Crippen molar-refractivity contribution >= 4 is 0 Å². The molecule has 5 heteroatoms. The fourth-order valence-corrected chi connectivity index (χ4v) is 6.63. The Balaban J connectivity index is 1.40. The lowest BCUT2D eigenvalue weighted by Gasteiger charge is -2.60. The summed E-state index contributed by atoms with van der Waals surface area (Å²) in [5.41, 5.74) is 0.786. The molecule has 9 atom stereocenters. The smallest absolute Gasteiger partial charge is 0.201 e. The second kappa shape index (κ2) is 8.42. The molecule has 1 aromatic carbocycles. The predicted molar refractivity (Wildman–Crippen MR) is 117 cm³/mol. The molecule has 5 aliphatic rings. The molecule has 4 aliphatic heterocycles. The summed E-state index contributed by atoms with van der Waals surface area (Å²) in [6.07, 6.45) is 6.60. The summed E-state index contributed by atoms with van der Waals surface area (Å²) < 4.78 is 19.8. The zero-order valence-electron chi connectivity index (χ0n) is 19.4. The highest BCUT2D eigenvalue weighted by molar-refractivity contribution is 5.15. The molecule has 6 rings (SSSR count). The van der Waals surface area contributed by atoms with Gasteiger partial charge in [-0.15, -0.1) is 0 Å². The minimum absolute atomic E-state index is 0.128. The van der Waals surface area contributed by atoms with E-state index in [2.05, 4.69) is 51.1 Å². The monoisotopic (exact) mass is 430 g/mol. The van der Waals surface area contributed by atoms with Gasteiger partial charge in [0.2, 0.25) is 5.79 Å². The molecule has 1 unspecified atom stereocenters. The molecule has 0 radical (unpaired) electrons. The Morgan fingerprint density at radius 1 is 1.06 bits per heavy atom. The van der Waals surface area contributed by atoms with E-state index in [1.165, 1.54) is 12.0 Å². The maximum absolute atomic E-state index is 6.69. The summed E-state index contributed by atoms with van der Waals surface area (Å²) in [7, 11) is 0. The van der Waals surface area contributed by atoms with Gasteiger partial charge in [-0.3, -0.25) is 0 Å². The Labute approximate surface area is 186 Å². The summed E-state index contributed by atoms with van der Waals surface area (Å²) in [6.45, 7) is 8.81. The van der Waals surface area contributed by atoms with Crippen molar-refractivity contribution in [1.82, 2.24) is 0 Å². The van der Waals surface area contributed by atoms with Crippen LogP contribution in [0.3, 0.4) is 0 Å². The molecule has 1 aromatic rings. The van der Waals surface area contributed by atoms with Gasteiger partial charge in [-0.05, 0) is 56.4 Å². The van der Waals surface area contributed by atoms with E-state index in [0.29, 0.717) is 17.8 Å². The van der Waals surface area contributed by atoms with E-state index in [9.17, 15) is 0 Å². The highest BCUT2D eigenvalue weighted by Crippen LogP contribution is 2.60. The van der Waals surface area contributed by atoms with Crippen molar-refractivity contribution in [1.29, 1.82) is 0 Å². The first-order valence-electron chi connectivity index (χ1n) is 12.3. The zero-order chi connectivity index (χ0) is 21.6. The van der Waals surface area contributed by atoms with Crippen LogP contribution in [-0.2, 0) is 30.4 Å². The second-order valence-corrected chi connectivity index (χ2v) is 10.5. The number of hydrogen-bond donors (Lipinski definition) is 0. The molecule has 2 bridgehead atoms. The van der Waals surface area contributed by atoms with Gasteiger partial charge in [0.25, 0.3) is 0 Å². The Morgan fingerprint density at radius 3 is 2.65 bits per heavy atom. The van der Waals surface area contributed by atoms with E-state index in [-0.39, 0.29) is 18.3 Å². The number of hydrogen-bond acceptors (Lipinski definition) is 5. The molecule has 1 saturated carbocycles. The third kappa shape index (κ3) is 3.76. The first-order valence-corrected chi connectivity index (χ1v) is 12.3. The molecule has 31 heavy (non-hydrogen) atoms. The SMILES string of the molecule is CCC[C@H](Cc1ccccc1)O[C@H]1O[C@@H]2O[C@@]3(C)CC[C@H]4[C@H](C)CCC([C@H]1C)[C@@]24OO3. The van der Waals surface area contributed by atoms with E-state index < -0.39 is 17.7 Å². The molecule has 0 amide bonds. The molecule has 172 valence electrons. The molecule has 4 saturated heterocycles. The lowest BCUT2D eigenvalue weighted by molar-refractivity contribution is -0.578. The fourth-order valence-electron chi connectivity index (χ4n) is 6.63. The lowest BCUT2D eigenvalue weighted by atomic mass is 9.58. The molecule has 5 fully saturated rings. The van der Waals surface area contributed by atoms with Crippen LogP contribution in [-0.4, -0.2) is 30.1 Å². The molecular formula is C26H38O5. The molecule has 0 aromatic heterocycles. The van der Waals surface area contributed by atoms with Gasteiger partial charge in [-0.1, -0.05) is 57.5 Å². The van der Waals surface area contributed by atoms with Crippen LogP contribution in [0.25, 0.3) is 0 Å². The van der Waals surface area contributed by atoms with E-state index in [1.807, 2.05) is 6.92 Å². The summed E-state index contributed by atoms with van der Waals surface area (Å²) >= 11 is 0. The largest absolute Gasteiger partial charge is 0.349 e. The van der Waals surface area contributed by atoms with Gasteiger partial charge in [-0.25, -0.2) is 9.78 Å².